The summed E-state index contributed by atoms with van der Waals surface area (Å²) in [7, 11) is 0. The van der Waals surface area contributed by atoms with Crippen molar-refractivity contribution in [1.29, 1.82) is 0 Å². The van der Waals surface area contributed by atoms with Crippen LogP contribution in [0.15, 0.2) is 54.6 Å². The van der Waals surface area contributed by atoms with Gasteiger partial charge in [0.2, 0.25) is 5.91 Å². The molecule has 0 spiro atoms. The van der Waals surface area contributed by atoms with Gasteiger partial charge in [-0.05, 0) is 30.2 Å². The quantitative estimate of drug-likeness (QED) is 0.608. The standard InChI is InChI=1S/C20H13ClFNO2S/c1-20(12-7-3-2-4-8-12)16(24)15-14(11-6-5-9-13(22)10-11)17(21)26-18(15)23-19(20)25/h2-10H,1H3,(H,23,25). The third-order valence-corrected chi connectivity index (χ3v) is 6.01. The van der Waals surface area contributed by atoms with E-state index in [1.807, 2.05) is 6.07 Å². The normalized spacial score (nSPS) is 19.2. The highest BCUT2D eigenvalue weighted by molar-refractivity contribution is 7.21. The SMILES string of the molecule is CC1(c2ccccc2)C(=O)Nc2sc(Cl)c(-c3cccc(F)c3)c2C1=O. The van der Waals surface area contributed by atoms with Crippen LogP contribution >= 0.6 is 22.9 Å². The Labute approximate surface area is 158 Å². The minimum absolute atomic E-state index is 0.330. The molecule has 26 heavy (non-hydrogen) atoms. The molecule has 1 amide bonds. The molecule has 0 aliphatic carbocycles. The molecule has 1 aliphatic rings. The molecule has 130 valence electrons. The topological polar surface area (TPSA) is 46.2 Å². The van der Waals surface area contributed by atoms with E-state index in [0.29, 0.717) is 31.6 Å². The van der Waals surface area contributed by atoms with Crippen LogP contribution in [0.25, 0.3) is 11.1 Å². The average Bonchev–Trinajstić information content (AvgIpc) is 2.96. The zero-order valence-corrected chi connectivity index (χ0v) is 15.2. The zero-order valence-electron chi connectivity index (χ0n) is 13.7. The third kappa shape index (κ3) is 2.39. The highest BCUT2D eigenvalue weighted by Crippen LogP contribution is 2.49. The van der Waals surface area contributed by atoms with Gasteiger partial charge in [-0.1, -0.05) is 54.1 Å². The summed E-state index contributed by atoms with van der Waals surface area (Å²) >= 11 is 7.48. The van der Waals surface area contributed by atoms with Gasteiger partial charge >= 0.3 is 0 Å². The van der Waals surface area contributed by atoms with E-state index < -0.39 is 17.1 Å². The van der Waals surface area contributed by atoms with Crippen LogP contribution in [-0.4, -0.2) is 11.7 Å². The van der Waals surface area contributed by atoms with Gasteiger partial charge in [0.25, 0.3) is 0 Å². The van der Waals surface area contributed by atoms with Crippen molar-refractivity contribution in [3.8, 4) is 11.1 Å². The van der Waals surface area contributed by atoms with Crippen LogP contribution in [0.3, 0.4) is 0 Å². The number of halogens is 2. The minimum atomic E-state index is -1.37. The fourth-order valence-corrected chi connectivity index (χ4v) is 4.60. The average molecular weight is 386 g/mol. The Kier molecular flexibility index (Phi) is 3.93. The Morgan fingerprint density at radius 1 is 1.04 bits per heavy atom. The molecule has 1 aliphatic heterocycles. The maximum Gasteiger partial charge on any atom is 0.243 e. The van der Waals surface area contributed by atoms with Crippen molar-refractivity contribution in [2.24, 2.45) is 0 Å². The number of nitrogens with one attached hydrogen (secondary N) is 1. The summed E-state index contributed by atoms with van der Waals surface area (Å²) in [5, 5.41) is 3.21. The lowest BCUT2D eigenvalue weighted by atomic mass is 9.73. The number of carbonyl (C=O) groups is 2. The number of carbonyl (C=O) groups excluding carboxylic acids is 2. The largest absolute Gasteiger partial charge is 0.316 e. The molecule has 1 aromatic heterocycles. The van der Waals surface area contributed by atoms with Crippen LogP contribution in [0.2, 0.25) is 4.34 Å². The number of hydrogen-bond donors (Lipinski definition) is 1. The number of benzene rings is 2. The molecule has 3 aromatic rings. The summed E-state index contributed by atoms with van der Waals surface area (Å²) in [5.41, 5.74) is 0.517. The van der Waals surface area contributed by atoms with Crippen molar-refractivity contribution in [1.82, 2.24) is 0 Å². The molecule has 0 saturated carbocycles. The van der Waals surface area contributed by atoms with E-state index in [4.69, 9.17) is 11.6 Å². The van der Waals surface area contributed by atoms with Crippen molar-refractivity contribution in [2.75, 3.05) is 5.32 Å². The smallest absolute Gasteiger partial charge is 0.243 e. The van der Waals surface area contributed by atoms with E-state index >= 15 is 0 Å². The Morgan fingerprint density at radius 3 is 2.46 bits per heavy atom. The van der Waals surface area contributed by atoms with Gasteiger partial charge in [-0.25, -0.2) is 4.39 Å². The molecule has 2 aromatic carbocycles. The molecule has 4 rings (SSSR count). The summed E-state index contributed by atoms with van der Waals surface area (Å²) in [6, 6.07) is 14.8. The van der Waals surface area contributed by atoms with Crippen molar-refractivity contribution in [3.63, 3.8) is 0 Å². The monoisotopic (exact) mass is 385 g/mol. The van der Waals surface area contributed by atoms with Crippen LogP contribution in [0.5, 0.6) is 0 Å². The lowest BCUT2D eigenvalue weighted by Gasteiger charge is -2.31. The van der Waals surface area contributed by atoms with Crippen LogP contribution < -0.4 is 5.32 Å². The Hall–Kier alpha value is -2.50. The van der Waals surface area contributed by atoms with Gasteiger partial charge < -0.3 is 5.32 Å². The van der Waals surface area contributed by atoms with Gasteiger partial charge in [-0.15, -0.1) is 11.3 Å². The number of ketones is 1. The fourth-order valence-electron chi connectivity index (χ4n) is 3.22. The summed E-state index contributed by atoms with van der Waals surface area (Å²) in [4.78, 5) is 26.2. The molecule has 0 fully saturated rings. The summed E-state index contributed by atoms with van der Waals surface area (Å²) < 4.78 is 14.0. The van der Waals surface area contributed by atoms with Crippen molar-refractivity contribution in [3.05, 3.63) is 75.9 Å². The Bertz CT molecular complexity index is 1050. The number of anilines is 1. The highest BCUT2D eigenvalue weighted by Gasteiger charge is 2.49. The molecule has 0 saturated heterocycles. The molecular weight excluding hydrogens is 373 g/mol. The predicted octanol–water partition coefficient (Wildman–Crippen LogP) is 5.30. The number of thiophene rings is 1. The first-order valence-corrected chi connectivity index (χ1v) is 9.12. The van der Waals surface area contributed by atoms with E-state index in [0.717, 1.165) is 11.3 Å². The number of amides is 1. The highest BCUT2D eigenvalue weighted by atomic mass is 35.5. The Balaban J connectivity index is 1.95. The molecule has 6 heteroatoms. The second kappa shape index (κ2) is 6.04. The number of fused-ring (bicyclic) bond motifs is 1. The van der Waals surface area contributed by atoms with Crippen LogP contribution in [0, 0.1) is 5.82 Å². The molecule has 2 heterocycles. The maximum absolute atomic E-state index is 13.7. The van der Waals surface area contributed by atoms with Gasteiger partial charge in [0.1, 0.15) is 20.6 Å². The molecular formula is C20H13ClFNO2S. The summed E-state index contributed by atoms with van der Waals surface area (Å²) in [6.07, 6.45) is 0. The second-order valence-corrected chi connectivity index (χ2v) is 7.86. The van der Waals surface area contributed by atoms with E-state index in [2.05, 4.69) is 5.32 Å². The lowest BCUT2D eigenvalue weighted by Crippen LogP contribution is -2.48. The third-order valence-electron chi connectivity index (χ3n) is 4.69. The fraction of sp³-hybridized carbons (Fsp3) is 0.100. The molecule has 3 nitrogen and oxygen atoms in total. The first-order valence-electron chi connectivity index (χ1n) is 7.93. The molecule has 1 atom stereocenters. The number of Topliss-reactive ketones (excluding diaryl/α,β-unsaturated/α-hetero) is 1. The van der Waals surface area contributed by atoms with Gasteiger partial charge in [0, 0.05) is 5.56 Å². The van der Waals surface area contributed by atoms with Crippen LogP contribution in [0.1, 0.15) is 22.8 Å². The zero-order chi connectivity index (χ0) is 18.5. The van der Waals surface area contributed by atoms with E-state index in [9.17, 15) is 14.0 Å². The van der Waals surface area contributed by atoms with Crippen molar-refractivity contribution < 1.29 is 14.0 Å². The first-order chi connectivity index (χ1) is 12.4. The van der Waals surface area contributed by atoms with Crippen molar-refractivity contribution >= 4 is 39.6 Å². The van der Waals surface area contributed by atoms with E-state index in [1.165, 1.54) is 12.1 Å². The maximum atomic E-state index is 13.7. The van der Waals surface area contributed by atoms with Crippen LogP contribution in [0.4, 0.5) is 9.39 Å². The van der Waals surface area contributed by atoms with Gasteiger partial charge in [-0.2, -0.15) is 0 Å². The molecule has 1 unspecified atom stereocenters. The van der Waals surface area contributed by atoms with E-state index in [1.54, 1.807) is 43.3 Å². The second-order valence-electron chi connectivity index (χ2n) is 6.24. The first kappa shape index (κ1) is 16.9. The van der Waals surface area contributed by atoms with Crippen LogP contribution in [-0.2, 0) is 10.2 Å². The van der Waals surface area contributed by atoms with Gasteiger partial charge in [-0.3, -0.25) is 9.59 Å². The Morgan fingerprint density at radius 2 is 1.77 bits per heavy atom. The summed E-state index contributed by atoms with van der Waals surface area (Å²) in [6.45, 7) is 1.60. The lowest BCUT2D eigenvalue weighted by molar-refractivity contribution is -0.119. The molecule has 0 bridgehead atoms. The van der Waals surface area contributed by atoms with Gasteiger partial charge in [0.05, 0.1) is 5.56 Å². The molecule has 0 radical (unpaired) electrons. The summed E-state index contributed by atoms with van der Waals surface area (Å²) in [5.74, 6) is -1.16. The number of rotatable bonds is 2. The van der Waals surface area contributed by atoms with E-state index in [-0.39, 0.29) is 5.78 Å². The van der Waals surface area contributed by atoms with Gasteiger partial charge in [0.15, 0.2) is 5.78 Å². The minimum Gasteiger partial charge on any atom is -0.316 e. The molecule has 1 N–H and O–H groups in total. The number of hydrogen-bond acceptors (Lipinski definition) is 3. The predicted molar refractivity (Wildman–Crippen MR) is 101 cm³/mol. The van der Waals surface area contributed by atoms with Crippen molar-refractivity contribution in [2.45, 2.75) is 12.3 Å².